The lowest BCUT2D eigenvalue weighted by atomic mass is 10.3. The van der Waals surface area contributed by atoms with Gasteiger partial charge in [-0.1, -0.05) is 55.4 Å². The molecule has 2 aromatic carbocycles. The molecule has 78 valence electrons. The van der Waals surface area contributed by atoms with E-state index in [-0.39, 0.29) is 6.90 Å². The van der Waals surface area contributed by atoms with Gasteiger partial charge in [-0.05, 0) is 38.7 Å². The number of rotatable bonds is 2. The monoisotopic (exact) mass is 260 g/mol. The van der Waals surface area contributed by atoms with Gasteiger partial charge < -0.3 is 0 Å². The van der Waals surface area contributed by atoms with E-state index in [1.165, 1.54) is 23.7 Å². The third-order valence-corrected chi connectivity index (χ3v) is 9.90. The van der Waals surface area contributed by atoms with Crippen LogP contribution in [-0.4, -0.2) is 0 Å². The number of fused-ring (bicyclic) bond motifs is 1. The Labute approximate surface area is 99.4 Å². The summed E-state index contributed by atoms with van der Waals surface area (Å²) in [7, 11) is 2.49. The molecule has 0 spiro atoms. The Morgan fingerprint density at radius 2 is 1.62 bits per heavy atom. The maximum Gasteiger partial charge on any atom is 0.0136 e. The van der Waals surface area contributed by atoms with Crippen molar-refractivity contribution in [2.24, 2.45) is 0 Å². The summed E-state index contributed by atoms with van der Waals surface area (Å²) in [6, 6.07) is 19.6. The lowest BCUT2D eigenvalue weighted by Crippen LogP contribution is -1.86. The molecular formula is C13H11P3. The minimum Gasteiger partial charge on any atom is -0.0691 e. The lowest BCUT2D eigenvalue weighted by molar-refractivity contribution is 1.78. The molecule has 3 heteroatoms. The molecule has 0 amide bonds. The normalized spacial score (nSPS) is 13.1. The summed E-state index contributed by atoms with van der Waals surface area (Å²) in [5.74, 6) is 2.48. The van der Waals surface area contributed by atoms with Crippen molar-refractivity contribution in [1.82, 2.24) is 0 Å². The van der Waals surface area contributed by atoms with Gasteiger partial charge in [-0.2, -0.15) is 0 Å². The standard InChI is InChI=1S/C13H11P3/c1-2-7-12(8-3-1)14-16-10-11-6-4-5-9-13(11)15-16/h1-10,14H. The maximum absolute atomic E-state index is 2.48. The Balaban J connectivity index is 1.95. The first kappa shape index (κ1) is 10.5. The first-order valence-corrected chi connectivity index (χ1v) is 10.0. The molecule has 0 saturated heterocycles. The van der Waals surface area contributed by atoms with E-state index in [0.717, 1.165) is 8.27 Å². The van der Waals surface area contributed by atoms with Gasteiger partial charge in [0, 0.05) is 5.12 Å². The smallest absolute Gasteiger partial charge is 0.0136 e. The summed E-state index contributed by atoms with van der Waals surface area (Å²) >= 11 is 0. The van der Waals surface area contributed by atoms with E-state index in [4.69, 9.17) is 0 Å². The molecule has 0 saturated carbocycles. The minimum atomic E-state index is 0.0267. The average Bonchev–Trinajstić information content (AvgIpc) is 2.72. The number of hydrogen-bond acceptors (Lipinski definition) is 0. The second-order valence-corrected chi connectivity index (χ2v) is 11.2. The SMILES string of the molecule is c1ccc(Pp2cc3ccccc3p2)cc1. The summed E-state index contributed by atoms with van der Waals surface area (Å²) in [6.45, 7) is 0.0267. The maximum atomic E-state index is 2.48. The van der Waals surface area contributed by atoms with Gasteiger partial charge in [0.05, 0.1) is 0 Å². The molecule has 2 unspecified atom stereocenters. The van der Waals surface area contributed by atoms with Gasteiger partial charge in [-0.15, -0.1) is 0 Å². The average molecular weight is 260 g/mol. The fourth-order valence-electron chi connectivity index (χ4n) is 1.67. The largest absolute Gasteiger partial charge is 0.0691 e. The minimum absolute atomic E-state index is 0.0267. The molecule has 0 radical (unpaired) electrons. The summed E-state index contributed by atoms with van der Waals surface area (Å²) in [4.78, 5) is 0. The van der Waals surface area contributed by atoms with Crippen molar-refractivity contribution in [3.05, 3.63) is 60.4 Å². The van der Waals surface area contributed by atoms with E-state index >= 15 is 0 Å². The van der Waals surface area contributed by atoms with E-state index in [1.807, 2.05) is 0 Å². The van der Waals surface area contributed by atoms with Gasteiger partial charge >= 0.3 is 0 Å². The van der Waals surface area contributed by atoms with Crippen LogP contribution >= 0.6 is 23.0 Å². The van der Waals surface area contributed by atoms with Crippen LogP contribution in [0.2, 0.25) is 0 Å². The number of hydrogen-bond donors (Lipinski definition) is 0. The van der Waals surface area contributed by atoms with Gasteiger partial charge in [0.1, 0.15) is 0 Å². The van der Waals surface area contributed by atoms with E-state index in [1.54, 1.807) is 0 Å². The van der Waals surface area contributed by atoms with Gasteiger partial charge in [0.2, 0.25) is 0 Å². The zero-order valence-electron chi connectivity index (χ0n) is 8.67. The first-order chi connectivity index (χ1) is 7.92. The zero-order chi connectivity index (χ0) is 10.8. The molecule has 0 aliphatic heterocycles. The van der Waals surface area contributed by atoms with Crippen molar-refractivity contribution in [2.75, 3.05) is 0 Å². The predicted molar refractivity (Wildman–Crippen MR) is 79.0 cm³/mol. The highest BCUT2D eigenvalue weighted by molar-refractivity contribution is 8.40. The zero-order valence-corrected chi connectivity index (χ0v) is 11.5. The second-order valence-electron chi connectivity index (χ2n) is 3.61. The van der Waals surface area contributed by atoms with Crippen LogP contribution in [0.3, 0.4) is 0 Å². The Hall–Kier alpha value is -0.660. The third-order valence-electron chi connectivity index (χ3n) is 2.43. The van der Waals surface area contributed by atoms with Gasteiger partial charge in [0.15, 0.2) is 0 Å². The van der Waals surface area contributed by atoms with Crippen molar-refractivity contribution in [2.45, 2.75) is 0 Å². The first-order valence-electron chi connectivity index (χ1n) is 5.18. The molecule has 2 atom stereocenters. The van der Waals surface area contributed by atoms with Crippen LogP contribution in [0.5, 0.6) is 0 Å². The van der Waals surface area contributed by atoms with Crippen molar-refractivity contribution in [3.63, 3.8) is 0 Å². The highest BCUT2D eigenvalue weighted by Gasteiger charge is 2.00. The molecule has 16 heavy (non-hydrogen) atoms. The summed E-state index contributed by atoms with van der Waals surface area (Å²) in [6.07, 6.45) is 0. The summed E-state index contributed by atoms with van der Waals surface area (Å²) in [5.41, 5.74) is 0. The molecule has 0 aliphatic carbocycles. The van der Waals surface area contributed by atoms with Gasteiger partial charge in [-0.25, -0.2) is 0 Å². The Bertz CT molecular complexity index is 566. The van der Waals surface area contributed by atoms with Crippen LogP contribution in [0.4, 0.5) is 0 Å². The van der Waals surface area contributed by atoms with Crippen LogP contribution < -0.4 is 5.30 Å². The molecule has 1 heterocycles. The fourth-order valence-corrected chi connectivity index (χ4v) is 9.92. The number of benzene rings is 2. The summed E-state index contributed by atoms with van der Waals surface area (Å²) in [5, 5.41) is 4.46. The predicted octanol–water partition coefficient (Wildman–Crippen LogP) is 5.17. The van der Waals surface area contributed by atoms with Crippen LogP contribution in [0.15, 0.2) is 60.4 Å². The van der Waals surface area contributed by atoms with E-state index < -0.39 is 0 Å². The Morgan fingerprint density at radius 3 is 2.44 bits per heavy atom. The Kier molecular flexibility index (Phi) is 3.07. The molecule has 0 fully saturated rings. The van der Waals surface area contributed by atoms with Crippen molar-refractivity contribution in [3.8, 4) is 0 Å². The van der Waals surface area contributed by atoms with Crippen LogP contribution in [0.1, 0.15) is 0 Å². The van der Waals surface area contributed by atoms with Crippen molar-refractivity contribution >= 4 is 38.8 Å². The fraction of sp³-hybridized carbons (Fsp3) is 0. The highest BCUT2D eigenvalue weighted by atomic mass is 32.3. The molecule has 1 aromatic heterocycles. The Morgan fingerprint density at radius 1 is 0.875 bits per heavy atom. The van der Waals surface area contributed by atoms with E-state index in [9.17, 15) is 0 Å². The molecule has 3 aromatic rings. The lowest BCUT2D eigenvalue weighted by Gasteiger charge is -1.97. The van der Waals surface area contributed by atoms with Crippen LogP contribution in [-0.2, 0) is 0 Å². The quantitative estimate of drug-likeness (QED) is 0.557. The van der Waals surface area contributed by atoms with Crippen molar-refractivity contribution in [1.29, 1.82) is 0 Å². The summed E-state index contributed by atoms with van der Waals surface area (Å²) < 4.78 is 0. The van der Waals surface area contributed by atoms with Gasteiger partial charge in [0.25, 0.3) is 0 Å². The van der Waals surface area contributed by atoms with Crippen molar-refractivity contribution < 1.29 is 0 Å². The molecule has 0 aliphatic rings. The molecule has 3 rings (SSSR count). The second kappa shape index (κ2) is 4.68. The van der Waals surface area contributed by atoms with Gasteiger partial charge in [-0.3, -0.25) is 0 Å². The topological polar surface area (TPSA) is 0 Å². The van der Waals surface area contributed by atoms with Crippen LogP contribution in [0.25, 0.3) is 10.5 Å². The van der Waals surface area contributed by atoms with Crippen LogP contribution in [0, 0.1) is 0 Å². The molecule has 0 nitrogen and oxygen atoms in total. The van der Waals surface area contributed by atoms with E-state index in [2.05, 4.69) is 60.4 Å². The highest BCUT2D eigenvalue weighted by Crippen LogP contribution is 2.58. The molecule has 0 N–H and O–H groups in total. The third kappa shape index (κ3) is 2.21. The van der Waals surface area contributed by atoms with E-state index in [0.29, 0.717) is 0 Å². The molecular weight excluding hydrogens is 249 g/mol. The molecule has 0 bridgehead atoms.